The zero-order valence-corrected chi connectivity index (χ0v) is 13.0. The minimum atomic E-state index is -0.413. The summed E-state index contributed by atoms with van der Waals surface area (Å²) < 4.78 is 5.40. The molecule has 0 fully saturated rings. The molecule has 0 bridgehead atoms. The zero-order valence-electron chi connectivity index (χ0n) is 13.0. The van der Waals surface area contributed by atoms with Crippen LogP contribution in [0.3, 0.4) is 0 Å². The van der Waals surface area contributed by atoms with Crippen molar-refractivity contribution in [2.75, 3.05) is 29.9 Å². The van der Waals surface area contributed by atoms with Crippen molar-refractivity contribution in [1.82, 2.24) is 0 Å². The zero-order chi connectivity index (χ0) is 16.9. The van der Waals surface area contributed by atoms with Crippen LogP contribution in [0.25, 0.3) is 0 Å². The third-order valence-electron chi connectivity index (χ3n) is 3.78. The molecule has 0 aliphatic carbocycles. The van der Waals surface area contributed by atoms with Crippen LogP contribution in [0.2, 0.25) is 0 Å². The smallest absolute Gasteiger partial charge is 0.292 e. The Morgan fingerprint density at radius 2 is 1.92 bits per heavy atom. The molecule has 1 aliphatic rings. The van der Waals surface area contributed by atoms with Gasteiger partial charge >= 0.3 is 0 Å². The molecule has 0 radical (unpaired) electrons. The van der Waals surface area contributed by atoms with Crippen LogP contribution in [0.1, 0.15) is 6.42 Å². The van der Waals surface area contributed by atoms with Crippen LogP contribution >= 0.6 is 0 Å². The number of nitro groups is 1. The molecule has 0 unspecified atom stereocenters. The normalized spacial score (nSPS) is 13.2. The summed E-state index contributed by atoms with van der Waals surface area (Å²) in [5, 5.41) is 14.0. The molecule has 1 N–H and O–H groups in total. The maximum atomic E-state index is 12.1. The topological polar surface area (TPSA) is 84.7 Å². The first kappa shape index (κ1) is 15.8. The van der Waals surface area contributed by atoms with Gasteiger partial charge in [0.1, 0.15) is 11.4 Å². The number of carbonyl (C=O) groups excluding carboxylic acids is 1. The summed E-state index contributed by atoms with van der Waals surface area (Å²) in [6.07, 6.45) is 0.659. The van der Waals surface area contributed by atoms with Gasteiger partial charge in [0.15, 0.2) is 6.61 Å². The first-order valence-corrected chi connectivity index (χ1v) is 7.66. The summed E-state index contributed by atoms with van der Waals surface area (Å²) in [5.74, 6) is 0.614. The van der Waals surface area contributed by atoms with E-state index in [0.717, 1.165) is 5.69 Å². The van der Waals surface area contributed by atoms with Crippen molar-refractivity contribution in [3.05, 3.63) is 58.6 Å². The van der Waals surface area contributed by atoms with Gasteiger partial charge in [-0.3, -0.25) is 14.9 Å². The highest BCUT2D eigenvalue weighted by atomic mass is 16.6. The van der Waals surface area contributed by atoms with Crippen molar-refractivity contribution in [2.24, 2.45) is 0 Å². The van der Waals surface area contributed by atoms with E-state index in [1.54, 1.807) is 23.1 Å². The van der Waals surface area contributed by atoms with Crippen molar-refractivity contribution < 1.29 is 14.5 Å². The van der Waals surface area contributed by atoms with Gasteiger partial charge in [0, 0.05) is 19.2 Å². The molecule has 3 rings (SSSR count). The molecule has 1 heterocycles. The van der Waals surface area contributed by atoms with E-state index in [2.05, 4.69) is 5.32 Å². The average Bonchev–Trinajstić information content (AvgIpc) is 2.60. The summed E-state index contributed by atoms with van der Waals surface area (Å²) >= 11 is 0. The molecule has 1 amide bonds. The van der Waals surface area contributed by atoms with E-state index in [1.807, 2.05) is 24.3 Å². The van der Waals surface area contributed by atoms with Crippen LogP contribution < -0.4 is 15.0 Å². The second-order valence-electron chi connectivity index (χ2n) is 5.36. The van der Waals surface area contributed by atoms with Crippen molar-refractivity contribution >= 4 is 23.0 Å². The summed E-state index contributed by atoms with van der Waals surface area (Å²) in [5.41, 5.74) is 1.29. The van der Waals surface area contributed by atoms with E-state index in [9.17, 15) is 14.9 Å². The average molecular weight is 327 g/mol. The Labute approximate surface area is 139 Å². The molecular weight excluding hydrogens is 310 g/mol. The highest BCUT2D eigenvalue weighted by Crippen LogP contribution is 2.31. The van der Waals surface area contributed by atoms with E-state index >= 15 is 0 Å². The predicted molar refractivity (Wildman–Crippen MR) is 90.5 cm³/mol. The van der Waals surface area contributed by atoms with E-state index in [4.69, 9.17) is 4.74 Å². The van der Waals surface area contributed by atoms with Crippen molar-refractivity contribution in [2.45, 2.75) is 6.42 Å². The lowest BCUT2D eigenvalue weighted by Crippen LogP contribution is -2.39. The quantitative estimate of drug-likeness (QED) is 0.501. The maximum Gasteiger partial charge on any atom is 0.292 e. The number of nitrogens with zero attached hydrogens (tertiary/aromatic N) is 2. The summed E-state index contributed by atoms with van der Waals surface area (Å²) in [4.78, 5) is 24.3. The Bertz CT molecular complexity index is 763. The predicted octanol–water partition coefficient (Wildman–Crippen LogP) is 2.82. The number of carbonyl (C=O) groups is 1. The van der Waals surface area contributed by atoms with Gasteiger partial charge in [-0.05, 0) is 24.6 Å². The Hall–Kier alpha value is -3.09. The van der Waals surface area contributed by atoms with Crippen molar-refractivity contribution in [1.29, 1.82) is 0 Å². The number of benzene rings is 2. The number of nitro benzene ring substituents is 1. The number of para-hydroxylation sites is 4. The third-order valence-corrected chi connectivity index (χ3v) is 3.78. The molecule has 0 spiro atoms. The van der Waals surface area contributed by atoms with Crippen LogP contribution in [0, 0.1) is 10.1 Å². The second kappa shape index (κ2) is 6.99. The van der Waals surface area contributed by atoms with E-state index in [-0.39, 0.29) is 18.2 Å². The SMILES string of the molecule is O=C1COc2ccccc2N1CCCNc1ccccc1[N+](=O)[O-]. The molecule has 0 saturated heterocycles. The van der Waals surface area contributed by atoms with Crippen molar-refractivity contribution in [3.8, 4) is 5.75 Å². The van der Waals surface area contributed by atoms with Gasteiger partial charge in [0.2, 0.25) is 0 Å². The number of anilines is 2. The molecule has 7 heteroatoms. The molecule has 0 saturated carbocycles. The number of nitrogens with one attached hydrogen (secondary N) is 1. The molecular formula is C17H17N3O4. The highest BCUT2D eigenvalue weighted by Gasteiger charge is 2.24. The number of rotatable bonds is 6. The van der Waals surface area contributed by atoms with E-state index in [0.29, 0.717) is 30.9 Å². The van der Waals surface area contributed by atoms with Gasteiger partial charge in [-0.25, -0.2) is 0 Å². The lowest BCUT2D eigenvalue weighted by Gasteiger charge is -2.29. The molecule has 1 aliphatic heterocycles. The minimum Gasteiger partial charge on any atom is -0.482 e. The van der Waals surface area contributed by atoms with Crippen LogP contribution in [0.4, 0.5) is 17.1 Å². The number of hydrogen-bond acceptors (Lipinski definition) is 5. The summed E-state index contributed by atoms with van der Waals surface area (Å²) in [6, 6.07) is 13.9. The van der Waals surface area contributed by atoms with Gasteiger partial charge < -0.3 is 15.0 Å². The van der Waals surface area contributed by atoms with Crippen LogP contribution in [-0.2, 0) is 4.79 Å². The fourth-order valence-electron chi connectivity index (χ4n) is 2.64. The van der Waals surface area contributed by atoms with Crippen LogP contribution in [0.15, 0.2) is 48.5 Å². The first-order chi connectivity index (χ1) is 11.7. The Kier molecular flexibility index (Phi) is 4.60. The largest absolute Gasteiger partial charge is 0.482 e. The monoisotopic (exact) mass is 327 g/mol. The van der Waals surface area contributed by atoms with Gasteiger partial charge in [-0.2, -0.15) is 0 Å². The summed E-state index contributed by atoms with van der Waals surface area (Å²) in [7, 11) is 0. The third kappa shape index (κ3) is 3.29. The summed E-state index contributed by atoms with van der Waals surface area (Å²) in [6.45, 7) is 1.08. The van der Waals surface area contributed by atoms with E-state index < -0.39 is 4.92 Å². The molecule has 2 aromatic carbocycles. The van der Waals surface area contributed by atoms with Crippen LogP contribution in [0.5, 0.6) is 5.75 Å². The van der Waals surface area contributed by atoms with Gasteiger partial charge in [-0.15, -0.1) is 0 Å². The number of hydrogen-bond donors (Lipinski definition) is 1. The van der Waals surface area contributed by atoms with Gasteiger partial charge in [0.05, 0.1) is 10.6 Å². The number of fused-ring (bicyclic) bond motifs is 1. The fourth-order valence-corrected chi connectivity index (χ4v) is 2.64. The number of ether oxygens (including phenoxy) is 1. The molecule has 7 nitrogen and oxygen atoms in total. The Morgan fingerprint density at radius 3 is 2.75 bits per heavy atom. The Balaban J connectivity index is 1.60. The minimum absolute atomic E-state index is 0.0363. The highest BCUT2D eigenvalue weighted by molar-refractivity contribution is 5.97. The molecule has 24 heavy (non-hydrogen) atoms. The molecule has 0 aromatic heterocycles. The number of amides is 1. The fraction of sp³-hybridized carbons (Fsp3) is 0.235. The lowest BCUT2D eigenvalue weighted by molar-refractivity contribution is -0.384. The van der Waals surface area contributed by atoms with Crippen LogP contribution in [-0.4, -0.2) is 30.5 Å². The standard InChI is InChI=1S/C17H17N3O4/c21-17-12-24-16-9-4-3-8-15(16)19(17)11-5-10-18-13-6-1-2-7-14(13)20(22)23/h1-4,6-9,18H,5,10-12H2. The molecule has 124 valence electrons. The maximum absolute atomic E-state index is 12.1. The van der Waals surface area contributed by atoms with Gasteiger partial charge in [0.25, 0.3) is 11.6 Å². The van der Waals surface area contributed by atoms with Crippen molar-refractivity contribution in [3.63, 3.8) is 0 Å². The van der Waals surface area contributed by atoms with Gasteiger partial charge in [-0.1, -0.05) is 24.3 Å². The lowest BCUT2D eigenvalue weighted by atomic mass is 10.2. The molecule has 2 aromatic rings. The molecule has 0 atom stereocenters. The second-order valence-corrected chi connectivity index (χ2v) is 5.36. The first-order valence-electron chi connectivity index (χ1n) is 7.66. The Morgan fingerprint density at radius 1 is 1.17 bits per heavy atom. The van der Waals surface area contributed by atoms with E-state index in [1.165, 1.54) is 6.07 Å².